The summed E-state index contributed by atoms with van der Waals surface area (Å²) in [7, 11) is 0. The Morgan fingerprint density at radius 1 is 1.23 bits per heavy atom. The summed E-state index contributed by atoms with van der Waals surface area (Å²) in [6.07, 6.45) is 2.16. The predicted molar refractivity (Wildman–Crippen MR) is 54.5 cm³/mol. The fourth-order valence-corrected chi connectivity index (χ4v) is 1.62. The summed E-state index contributed by atoms with van der Waals surface area (Å²) in [5.74, 6) is 0.430. The van der Waals surface area contributed by atoms with E-state index in [1.165, 1.54) is 0 Å². The Balaban J connectivity index is 2.95. The van der Waals surface area contributed by atoms with Crippen molar-refractivity contribution in [2.45, 2.75) is 39.5 Å². The van der Waals surface area contributed by atoms with Gasteiger partial charge in [0.15, 0.2) is 0 Å². The van der Waals surface area contributed by atoms with Gasteiger partial charge in [0.2, 0.25) is 0 Å². The van der Waals surface area contributed by atoms with Crippen LogP contribution in [0.15, 0.2) is 18.2 Å². The van der Waals surface area contributed by atoms with Gasteiger partial charge >= 0.3 is 0 Å². The van der Waals surface area contributed by atoms with Crippen LogP contribution >= 0.6 is 0 Å². The molecule has 13 heavy (non-hydrogen) atoms. The van der Waals surface area contributed by atoms with E-state index in [9.17, 15) is 4.39 Å². The maximum absolute atomic E-state index is 13.2. The van der Waals surface area contributed by atoms with E-state index < -0.39 is 0 Å². The van der Waals surface area contributed by atoms with Crippen molar-refractivity contribution in [1.82, 2.24) is 0 Å². The zero-order chi connectivity index (χ0) is 9.84. The maximum Gasteiger partial charge on any atom is 0.126 e. The average Bonchev–Trinajstić information content (AvgIpc) is 2.13. The highest BCUT2D eigenvalue weighted by atomic mass is 19.1. The van der Waals surface area contributed by atoms with Crippen LogP contribution in [0, 0.1) is 12.7 Å². The molecule has 0 aliphatic heterocycles. The van der Waals surface area contributed by atoms with Crippen LogP contribution in [0.5, 0.6) is 0 Å². The highest BCUT2D eigenvalue weighted by Crippen LogP contribution is 2.24. The average molecular weight is 180 g/mol. The largest absolute Gasteiger partial charge is 0.207 e. The van der Waals surface area contributed by atoms with Crippen molar-refractivity contribution in [3.05, 3.63) is 35.1 Å². The lowest BCUT2D eigenvalue weighted by Gasteiger charge is -2.13. The van der Waals surface area contributed by atoms with Gasteiger partial charge in [-0.2, -0.15) is 0 Å². The summed E-state index contributed by atoms with van der Waals surface area (Å²) in [4.78, 5) is 0. The Labute approximate surface area is 79.8 Å². The van der Waals surface area contributed by atoms with Crippen LogP contribution in [0.4, 0.5) is 4.39 Å². The van der Waals surface area contributed by atoms with Crippen molar-refractivity contribution in [3.63, 3.8) is 0 Å². The lowest BCUT2D eigenvalue weighted by molar-refractivity contribution is 0.599. The molecule has 0 bridgehead atoms. The molecule has 0 N–H and O–H groups in total. The highest BCUT2D eigenvalue weighted by Gasteiger charge is 2.08. The number of aryl methyl sites for hydroxylation is 1. The van der Waals surface area contributed by atoms with Crippen LogP contribution in [0.1, 0.15) is 43.7 Å². The van der Waals surface area contributed by atoms with Gasteiger partial charge in [0.25, 0.3) is 0 Å². The minimum absolute atomic E-state index is 0.0793. The van der Waals surface area contributed by atoms with E-state index in [0.717, 1.165) is 24.0 Å². The molecule has 1 rings (SSSR count). The third kappa shape index (κ3) is 2.30. The first-order valence-corrected chi connectivity index (χ1v) is 4.95. The van der Waals surface area contributed by atoms with Crippen molar-refractivity contribution in [2.24, 2.45) is 0 Å². The van der Waals surface area contributed by atoms with E-state index >= 15 is 0 Å². The van der Waals surface area contributed by atoms with Gasteiger partial charge in [-0.1, -0.05) is 26.0 Å². The Bertz CT molecular complexity index is 274. The Hall–Kier alpha value is -0.850. The summed E-state index contributed by atoms with van der Waals surface area (Å²) in [6.45, 7) is 6.09. The van der Waals surface area contributed by atoms with E-state index in [2.05, 4.69) is 13.8 Å². The maximum atomic E-state index is 13.2. The summed E-state index contributed by atoms with van der Waals surface area (Å²) in [5, 5.41) is 0. The SMILES string of the molecule is CCC(CC)c1ccc(C)c(F)c1. The third-order valence-electron chi connectivity index (χ3n) is 2.65. The number of halogens is 1. The molecule has 0 unspecified atom stereocenters. The van der Waals surface area contributed by atoms with Crippen molar-refractivity contribution in [1.29, 1.82) is 0 Å². The normalized spacial score (nSPS) is 10.8. The number of hydrogen-bond acceptors (Lipinski definition) is 0. The van der Waals surface area contributed by atoms with Gasteiger partial charge in [-0.3, -0.25) is 0 Å². The highest BCUT2D eigenvalue weighted by molar-refractivity contribution is 5.25. The van der Waals surface area contributed by atoms with E-state index in [4.69, 9.17) is 0 Å². The molecule has 0 fully saturated rings. The molecule has 0 aromatic heterocycles. The van der Waals surface area contributed by atoms with Crippen LogP contribution in [0.2, 0.25) is 0 Å². The van der Waals surface area contributed by atoms with Gasteiger partial charge in [-0.25, -0.2) is 4.39 Å². The second-order valence-corrected chi connectivity index (χ2v) is 3.52. The van der Waals surface area contributed by atoms with E-state index in [1.807, 2.05) is 12.1 Å². The molecule has 1 aromatic carbocycles. The molecule has 0 radical (unpaired) electrons. The fraction of sp³-hybridized carbons (Fsp3) is 0.500. The molecule has 0 amide bonds. The molecule has 1 heteroatoms. The van der Waals surface area contributed by atoms with Crippen molar-refractivity contribution in [3.8, 4) is 0 Å². The monoisotopic (exact) mass is 180 g/mol. The minimum atomic E-state index is -0.0793. The van der Waals surface area contributed by atoms with Gasteiger partial charge in [0.1, 0.15) is 5.82 Å². The molecule has 0 aliphatic carbocycles. The number of benzene rings is 1. The first-order valence-electron chi connectivity index (χ1n) is 4.95. The lowest BCUT2D eigenvalue weighted by Crippen LogP contribution is -1.96. The second kappa shape index (κ2) is 4.40. The lowest BCUT2D eigenvalue weighted by atomic mass is 9.93. The zero-order valence-corrected chi connectivity index (χ0v) is 8.60. The molecule has 0 saturated carbocycles. The van der Waals surface area contributed by atoms with E-state index in [-0.39, 0.29) is 5.82 Å². The Morgan fingerprint density at radius 2 is 1.85 bits per heavy atom. The molecule has 72 valence electrons. The Kier molecular flexibility index (Phi) is 3.47. The van der Waals surface area contributed by atoms with Crippen LogP contribution in [0.25, 0.3) is 0 Å². The predicted octanol–water partition coefficient (Wildman–Crippen LogP) is 4.04. The first kappa shape index (κ1) is 10.2. The molecule has 1 aromatic rings. The molecule has 0 aliphatic rings. The number of rotatable bonds is 3. The second-order valence-electron chi connectivity index (χ2n) is 3.52. The zero-order valence-electron chi connectivity index (χ0n) is 8.60. The summed E-state index contributed by atoms with van der Waals surface area (Å²) >= 11 is 0. The van der Waals surface area contributed by atoms with Gasteiger partial charge in [0.05, 0.1) is 0 Å². The topological polar surface area (TPSA) is 0 Å². The summed E-state index contributed by atoms with van der Waals surface area (Å²) in [6, 6.07) is 5.58. The molecular formula is C12H17F. The molecule has 0 atom stereocenters. The first-order chi connectivity index (χ1) is 6.19. The van der Waals surface area contributed by atoms with Crippen LogP contribution in [-0.2, 0) is 0 Å². The van der Waals surface area contributed by atoms with Gasteiger partial charge in [0, 0.05) is 0 Å². The molecule has 0 spiro atoms. The molecule has 0 heterocycles. The Morgan fingerprint density at radius 3 is 2.31 bits per heavy atom. The third-order valence-corrected chi connectivity index (χ3v) is 2.65. The van der Waals surface area contributed by atoms with Crippen LogP contribution < -0.4 is 0 Å². The van der Waals surface area contributed by atoms with Gasteiger partial charge in [-0.05, 0) is 42.9 Å². The quantitative estimate of drug-likeness (QED) is 0.658. The van der Waals surface area contributed by atoms with Gasteiger partial charge < -0.3 is 0 Å². The van der Waals surface area contributed by atoms with Crippen molar-refractivity contribution < 1.29 is 4.39 Å². The summed E-state index contributed by atoms with van der Waals surface area (Å²) in [5.41, 5.74) is 1.86. The smallest absolute Gasteiger partial charge is 0.126 e. The van der Waals surface area contributed by atoms with E-state index in [0.29, 0.717) is 5.92 Å². The molecule has 0 saturated heterocycles. The molecular weight excluding hydrogens is 163 g/mol. The summed E-state index contributed by atoms with van der Waals surface area (Å²) < 4.78 is 13.2. The van der Waals surface area contributed by atoms with E-state index in [1.54, 1.807) is 13.0 Å². The van der Waals surface area contributed by atoms with Crippen molar-refractivity contribution >= 4 is 0 Å². The van der Waals surface area contributed by atoms with Crippen LogP contribution in [-0.4, -0.2) is 0 Å². The van der Waals surface area contributed by atoms with Gasteiger partial charge in [-0.15, -0.1) is 0 Å². The minimum Gasteiger partial charge on any atom is -0.207 e. The molecule has 0 nitrogen and oxygen atoms in total. The van der Waals surface area contributed by atoms with Crippen LogP contribution in [0.3, 0.4) is 0 Å². The number of hydrogen-bond donors (Lipinski definition) is 0. The van der Waals surface area contributed by atoms with Crippen molar-refractivity contribution in [2.75, 3.05) is 0 Å². The standard InChI is InChI=1S/C12H17F/c1-4-10(5-2)11-7-6-9(3)12(13)8-11/h6-8,10H,4-5H2,1-3H3. The fourth-order valence-electron chi connectivity index (χ4n) is 1.62.